The molecule has 1 saturated carbocycles. The lowest BCUT2D eigenvalue weighted by Gasteiger charge is -2.24. The van der Waals surface area contributed by atoms with Crippen LogP contribution in [0.1, 0.15) is 32.1 Å². The maximum Gasteiger partial charge on any atom is 0.223 e. The van der Waals surface area contributed by atoms with Gasteiger partial charge in [-0.05, 0) is 56.5 Å². The zero-order valence-electron chi connectivity index (χ0n) is 11.0. The van der Waals surface area contributed by atoms with Gasteiger partial charge in [-0.3, -0.25) is 4.79 Å². The lowest BCUT2D eigenvalue weighted by Crippen LogP contribution is -2.37. The van der Waals surface area contributed by atoms with Crippen LogP contribution in [-0.4, -0.2) is 38.8 Å². The average molecular weight is 252 g/mol. The molecule has 2 N–H and O–H groups in total. The first-order valence-corrected chi connectivity index (χ1v) is 7.36. The zero-order chi connectivity index (χ0) is 12.4. The topological polar surface area (TPSA) is 50.4 Å². The fourth-order valence-electron chi connectivity index (χ4n) is 3.53. The van der Waals surface area contributed by atoms with Gasteiger partial charge in [0.15, 0.2) is 0 Å². The fourth-order valence-corrected chi connectivity index (χ4v) is 3.53. The maximum atomic E-state index is 12.1. The smallest absolute Gasteiger partial charge is 0.223 e. The summed E-state index contributed by atoms with van der Waals surface area (Å²) in [6.45, 7) is 4.69. The van der Waals surface area contributed by atoms with Crippen LogP contribution in [0.25, 0.3) is 0 Å². The van der Waals surface area contributed by atoms with Crippen LogP contribution in [0.15, 0.2) is 0 Å². The summed E-state index contributed by atoms with van der Waals surface area (Å²) in [6, 6.07) is 0. The van der Waals surface area contributed by atoms with Crippen LogP contribution in [0.5, 0.6) is 0 Å². The molecule has 0 bridgehead atoms. The highest BCUT2D eigenvalue weighted by Gasteiger charge is 2.57. The molecule has 0 radical (unpaired) electrons. The van der Waals surface area contributed by atoms with Gasteiger partial charge < -0.3 is 15.4 Å². The minimum absolute atomic E-state index is 0.294. The molecule has 3 rings (SSSR count). The van der Waals surface area contributed by atoms with Crippen LogP contribution in [0.2, 0.25) is 0 Å². The van der Waals surface area contributed by atoms with E-state index in [-0.39, 0.29) is 0 Å². The van der Waals surface area contributed by atoms with E-state index in [0.29, 0.717) is 23.2 Å². The lowest BCUT2D eigenvalue weighted by molar-refractivity contribution is -0.123. The predicted molar refractivity (Wildman–Crippen MR) is 69.2 cm³/mol. The second kappa shape index (κ2) is 5.17. The van der Waals surface area contributed by atoms with Crippen LogP contribution in [0.3, 0.4) is 0 Å². The molecule has 2 saturated heterocycles. The first-order chi connectivity index (χ1) is 8.80. The van der Waals surface area contributed by atoms with Crippen LogP contribution in [0.4, 0.5) is 0 Å². The Bertz CT molecular complexity index is 307. The molecular weight excluding hydrogens is 228 g/mol. The molecule has 3 fully saturated rings. The predicted octanol–water partition coefficient (Wildman–Crippen LogP) is 0.919. The second-order valence-corrected chi connectivity index (χ2v) is 6.20. The van der Waals surface area contributed by atoms with Crippen LogP contribution in [0, 0.1) is 17.3 Å². The van der Waals surface area contributed by atoms with E-state index in [9.17, 15) is 4.79 Å². The molecule has 0 aromatic carbocycles. The Balaban J connectivity index is 1.42. The Morgan fingerprint density at radius 2 is 2.22 bits per heavy atom. The summed E-state index contributed by atoms with van der Waals surface area (Å²) < 4.78 is 5.44. The van der Waals surface area contributed by atoms with Crippen molar-refractivity contribution in [2.24, 2.45) is 17.3 Å². The largest absolute Gasteiger partial charge is 0.381 e. The van der Waals surface area contributed by atoms with Crippen molar-refractivity contribution in [2.45, 2.75) is 32.1 Å². The summed E-state index contributed by atoms with van der Waals surface area (Å²) in [5.41, 5.74) is 0.360. The molecule has 2 unspecified atom stereocenters. The fraction of sp³-hybridized carbons (Fsp3) is 0.929. The number of piperidine rings is 1. The molecular formula is C14H24N2O2. The molecule has 2 atom stereocenters. The number of carbonyl (C=O) groups is 1. The lowest BCUT2D eigenvalue weighted by atomic mass is 9.91. The van der Waals surface area contributed by atoms with Gasteiger partial charge in [0.1, 0.15) is 0 Å². The van der Waals surface area contributed by atoms with Gasteiger partial charge in [0.05, 0.1) is 6.61 Å². The van der Waals surface area contributed by atoms with Gasteiger partial charge in [-0.1, -0.05) is 0 Å². The number of rotatable bonds is 3. The van der Waals surface area contributed by atoms with Crippen LogP contribution in [-0.2, 0) is 9.53 Å². The van der Waals surface area contributed by atoms with Crippen LogP contribution < -0.4 is 10.6 Å². The van der Waals surface area contributed by atoms with Crippen molar-refractivity contribution in [3.8, 4) is 0 Å². The van der Waals surface area contributed by atoms with Crippen LogP contribution >= 0.6 is 0 Å². The molecule has 0 aromatic rings. The van der Waals surface area contributed by atoms with Gasteiger partial charge in [0.2, 0.25) is 5.91 Å². The Morgan fingerprint density at radius 3 is 2.94 bits per heavy atom. The SMILES string of the molecule is O=C(NCC1CCCOC1)C1CC12CCNCC2. The summed E-state index contributed by atoms with van der Waals surface area (Å²) in [5.74, 6) is 1.12. The van der Waals surface area contributed by atoms with Crippen molar-refractivity contribution in [3.05, 3.63) is 0 Å². The van der Waals surface area contributed by atoms with Gasteiger partial charge >= 0.3 is 0 Å². The van der Waals surface area contributed by atoms with E-state index in [1.807, 2.05) is 0 Å². The summed E-state index contributed by atoms with van der Waals surface area (Å²) in [5, 5.41) is 6.52. The van der Waals surface area contributed by atoms with Crippen molar-refractivity contribution in [1.82, 2.24) is 10.6 Å². The van der Waals surface area contributed by atoms with Gasteiger partial charge in [-0.25, -0.2) is 0 Å². The molecule has 102 valence electrons. The molecule has 2 heterocycles. The average Bonchev–Trinajstić information content (AvgIpc) is 3.12. The third-order valence-corrected chi connectivity index (χ3v) is 4.93. The summed E-state index contributed by atoms with van der Waals surface area (Å²) in [4.78, 5) is 12.1. The van der Waals surface area contributed by atoms with Crippen molar-refractivity contribution in [2.75, 3.05) is 32.8 Å². The van der Waals surface area contributed by atoms with Gasteiger partial charge in [0.25, 0.3) is 0 Å². The molecule has 3 aliphatic rings. The Morgan fingerprint density at radius 1 is 1.39 bits per heavy atom. The molecule has 4 nitrogen and oxygen atoms in total. The molecule has 4 heteroatoms. The molecule has 1 amide bonds. The number of hydrogen-bond donors (Lipinski definition) is 2. The standard InChI is InChI=1S/C14H24N2O2/c17-13(16-9-11-2-1-7-18-10-11)12-8-14(12)3-5-15-6-4-14/h11-12,15H,1-10H2,(H,16,17). The highest BCUT2D eigenvalue weighted by molar-refractivity contribution is 5.82. The van der Waals surface area contributed by atoms with E-state index >= 15 is 0 Å². The van der Waals surface area contributed by atoms with E-state index < -0.39 is 0 Å². The quantitative estimate of drug-likeness (QED) is 0.785. The normalized spacial score (nSPS) is 34.2. The number of nitrogens with one attached hydrogen (secondary N) is 2. The molecule has 2 aliphatic heterocycles. The Kier molecular flexibility index (Phi) is 3.57. The van der Waals surface area contributed by atoms with Crippen molar-refractivity contribution >= 4 is 5.91 Å². The van der Waals surface area contributed by atoms with E-state index in [1.165, 1.54) is 19.3 Å². The number of amides is 1. The molecule has 1 aliphatic carbocycles. The molecule has 0 aromatic heterocycles. The van der Waals surface area contributed by atoms with E-state index in [4.69, 9.17) is 4.74 Å². The highest BCUT2D eigenvalue weighted by atomic mass is 16.5. The third kappa shape index (κ3) is 2.54. The monoisotopic (exact) mass is 252 g/mol. The summed E-state index contributed by atoms with van der Waals surface area (Å²) >= 11 is 0. The minimum Gasteiger partial charge on any atom is -0.381 e. The minimum atomic E-state index is 0.294. The number of hydrogen-bond acceptors (Lipinski definition) is 3. The molecule has 1 spiro atoms. The maximum absolute atomic E-state index is 12.1. The summed E-state index contributed by atoms with van der Waals surface area (Å²) in [6.07, 6.45) is 5.80. The first kappa shape index (κ1) is 12.4. The van der Waals surface area contributed by atoms with Crippen molar-refractivity contribution < 1.29 is 9.53 Å². The number of ether oxygens (including phenoxy) is 1. The van der Waals surface area contributed by atoms with Gasteiger partial charge in [-0.2, -0.15) is 0 Å². The van der Waals surface area contributed by atoms with E-state index in [1.54, 1.807) is 0 Å². The van der Waals surface area contributed by atoms with E-state index in [2.05, 4.69) is 10.6 Å². The Labute approximate surface area is 109 Å². The Hall–Kier alpha value is -0.610. The van der Waals surface area contributed by atoms with Gasteiger partial charge in [-0.15, -0.1) is 0 Å². The summed E-state index contributed by atoms with van der Waals surface area (Å²) in [7, 11) is 0. The first-order valence-electron chi connectivity index (χ1n) is 7.36. The van der Waals surface area contributed by atoms with E-state index in [0.717, 1.165) is 45.7 Å². The number of carbonyl (C=O) groups excluding carboxylic acids is 1. The highest BCUT2D eigenvalue weighted by Crippen LogP contribution is 2.58. The third-order valence-electron chi connectivity index (χ3n) is 4.93. The van der Waals surface area contributed by atoms with Gasteiger partial charge in [0, 0.05) is 19.1 Å². The van der Waals surface area contributed by atoms with Crippen molar-refractivity contribution in [3.63, 3.8) is 0 Å². The molecule has 18 heavy (non-hydrogen) atoms. The second-order valence-electron chi connectivity index (χ2n) is 6.20. The van der Waals surface area contributed by atoms with Crippen molar-refractivity contribution in [1.29, 1.82) is 0 Å². The zero-order valence-corrected chi connectivity index (χ0v) is 11.0.